The topological polar surface area (TPSA) is 75.7 Å². The molecule has 1 aliphatic heterocycles. The Balaban J connectivity index is 1.24. The van der Waals surface area contributed by atoms with Crippen molar-refractivity contribution in [3.8, 4) is 5.75 Å². The highest BCUT2D eigenvalue weighted by Gasteiger charge is 2.33. The van der Waals surface area contributed by atoms with E-state index in [1.165, 1.54) is 6.07 Å². The molecule has 0 unspecified atom stereocenters. The van der Waals surface area contributed by atoms with Crippen molar-refractivity contribution in [3.63, 3.8) is 0 Å². The Morgan fingerprint density at radius 3 is 2.29 bits per heavy atom. The Bertz CT molecular complexity index is 1130. The first kappa shape index (κ1) is 25.3. The van der Waals surface area contributed by atoms with Gasteiger partial charge in [-0.3, -0.25) is 4.79 Å². The molecular weight excluding hydrogens is 495 g/mol. The molecule has 9 heteroatoms. The van der Waals surface area contributed by atoms with Crippen molar-refractivity contribution in [2.45, 2.75) is 62.5 Å². The van der Waals surface area contributed by atoms with Crippen molar-refractivity contribution < 1.29 is 17.9 Å². The number of benzene rings is 2. The summed E-state index contributed by atoms with van der Waals surface area (Å²) in [5, 5.41) is 1.00. The van der Waals surface area contributed by atoms with E-state index in [1.807, 2.05) is 6.07 Å². The number of likely N-dealkylation sites (tertiary alicyclic amines) is 1. The van der Waals surface area contributed by atoms with Crippen molar-refractivity contribution in [2.75, 3.05) is 13.1 Å². The zero-order valence-corrected chi connectivity index (χ0v) is 21.5. The van der Waals surface area contributed by atoms with Crippen LogP contribution in [0.1, 0.15) is 44.1 Å². The number of amides is 1. The van der Waals surface area contributed by atoms with Crippen LogP contribution < -0.4 is 9.46 Å². The van der Waals surface area contributed by atoms with E-state index in [0.717, 1.165) is 44.5 Å². The summed E-state index contributed by atoms with van der Waals surface area (Å²) in [6.07, 6.45) is 5.16. The smallest absolute Gasteiger partial charge is 0.264 e. The Kier molecular flexibility index (Phi) is 8.08. The number of ether oxygens (including phenoxy) is 1. The quantitative estimate of drug-likeness (QED) is 0.561. The zero-order valence-electron chi connectivity index (χ0n) is 19.2. The van der Waals surface area contributed by atoms with Crippen LogP contribution in [0.3, 0.4) is 0 Å². The summed E-state index contributed by atoms with van der Waals surface area (Å²) in [6.45, 7) is 3.60. The first-order valence-electron chi connectivity index (χ1n) is 11.7. The highest BCUT2D eigenvalue weighted by atomic mass is 35.5. The summed E-state index contributed by atoms with van der Waals surface area (Å²) in [4.78, 5) is 15.3. The average Bonchev–Trinajstić information content (AvgIpc) is 2.82. The fraction of sp³-hybridized carbons (Fsp3) is 0.480. The maximum atomic E-state index is 12.7. The molecule has 4 rings (SSSR count). The van der Waals surface area contributed by atoms with Crippen LogP contribution in [0.25, 0.3) is 0 Å². The minimum Gasteiger partial charge on any atom is -0.490 e. The van der Waals surface area contributed by atoms with E-state index in [0.29, 0.717) is 34.5 Å². The molecule has 34 heavy (non-hydrogen) atoms. The third-order valence-electron chi connectivity index (χ3n) is 6.87. The first-order valence-corrected chi connectivity index (χ1v) is 13.9. The summed E-state index contributed by atoms with van der Waals surface area (Å²) in [6, 6.07) is 12.4. The molecule has 2 aromatic carbocycles. The van der Waals surface area contributed by atoms with Crippen LogP contribution >= 0.6 is 23.2 Å². The number of carbonyl (C=O) groups is 1. The molecule has 1 amide bonds. The molecule has 1 saturated carbocycles. The van der Waals surface area contributed by atoms with Gasteiger partial charge in [-0.25, -0.2) is 13.1 Å². The van der Waals surface area contributed by atoms with Crippen LogP contribution in [-0.2, 0) is 14.8 Å². The third kappa shape index (κ3) is 6.06. The molecule has 0 radical (unpaired) electrons. The second-order valence-electron chi connectivity index (χ2n) is 9.17. The number of carbonyl (C=O) groups excluding carboxylic acids is 1. The van der Waals surface area contributed by atoms with Crippen molar-refractivity contribution in [1.82, 2.24) is 9.62 Å². The fourth-order valence-corrected chi connectivity index (χ4v) is 6.51. The lowest BCUT2D eigenvalue weighted by Crippen LogP contribution is -2.46. The van der Waals surface area contributed by atoms with Crippen molar-refractivity contribution in [2.24, 2.45) is 5.92 Å². The van der Waals surface area contributed by atoms with Gasteiger partial charge in [-0.1, -0.05) is 41.4 Å². The van der Waals surface area contributed by atoms with Gasteiger partial charge in [0.1, 0.15) is 11.9 Å². The molecule has 2 fully saturated rings. The van der Waals surface area contributed by atoms with Crippen molar-refractivity contribution >= 4 is 39.1 Å². The number of halogens is 2. The van der Waals surface area contributed by atoms with Gasteiger partial charge >= 0.3 is 0 Å². The summed E-state index contributed by atoms with van der Waals surface area (Å²) < 4.78 is 33.7. The molecule has 0 atom stereocenters. The van der Waals surface area contributed by atoms with Crippen LogP contribution in [0, 0.1) is 12.8 Å². The fourth-order valence-electron chi connectivity index (χ4n) is 4.93. The number of aryl methyl sites for hydroxylation is 1. The van der Waals surface area contributed by atoms with E-state index in [2.05, 4.69) is 9.62 Å². The van der Waals surface area contributed by atoms with Crippen LogP contribution in [0.15, 0.2) is 47.4 Å². The molecule has 1 saturated heterocycles. The molecule has 0 aromatic heterocycles. The molecule has 1 N–H and O–H groups in total. The number of hydrogen-bond donors (Lipinski definition) is 1. The van der Waals surface area contributed by atoms with Crippen LogP contribution in [0.4, 0.5) is 0 Å². The number of piperidine rings is 1. The predicted molar refractivity (Wildman–Crippen MR) is 134 cm³/mol. The monoisotopic (exact) mass is 524 g/mol. The summed E-state index contributed by atoms with van der Waals surface area (Å²) in [5.74, 6) is 0.0704. The van der Waals surface area contributed by atoms with Crippen molar-refractivity contribution in [3.05, 3.63) is 58.1 Å². The van der Waals surface area contributed by atoms with Crippen LogP contribution in [-0.4, -0.2) is 44.5 Å². The van der Waals surface area contributed by atoms with Crippen molar-refractivity contribution in [1.29, 1.82) is 0 Å². The van der Waals surface area contributed by atoms with E-state index < -0.39 is 15.9 Å². The van der Waals surface area contributed by atoms with Gasteiger partial charge in [0.05, 0.1) is 14.9 Å². The van der Waals surface area contributed by atoms with Gasteiger partial charge in [-0.15, -0.1) is 0 Å². The maximum absolute atomic E-state index is 12.7. The number of sulfonamides is 1. The standard InChI is InChI=1S/C25H30Cl2N2O4S/c1-17-4-2-3-5-24(17)34(31,32)28-25(30)18-6-8-19(9-7-18)29-14-12-20(13-15-29)33-21-10-11-22(26)23(27)16-21/h2-5,10-11,16,18-20H,6-9,12-15H2,1H3,(H,28,30)/t18-,19-. The van der Waals surface area contributed by atoms with Gasteiger partial charge in [-0.05, 0) is 69.2 Å². The van der Waals surface area contributed by atoms with Gasteiger partial charge in [0.25, 0.3) is 10.0 Å². The first-order chi connectivity index (χ1) is 16.2. The second kappa shape index (κ2) is 10.9. The molecular formula is C25H30Cl2N2O4S. The van der Waals surface area contributed by atoms with Gasteiger partial charge in [-0.2, -0.15) is 0 Å². The normalized spacial score (nSPS) is 22.3. The number of rotatable bonds is 6. The number of nitrogens with zero attached hydrogens (tertiary/aromatic N) is 1. The SMILES string of the molecule is Cc1ccccc1S(=O)(=O)NC(=O)[C@H]1CC[C@H](N2CCC(Oc3ccc(Cl)c(Cl)c3)CC2)CC1. The van der Waals surface area contributed by atoms with E-state index in [-0.39, 0.29) is 16.9 Å². The van der Waals surface area contributed by atoms with E-state index in [4.69, 9.17) is 27.9 Å². The average molecular weight is 525 g/mol. The minimum absolute atomic E-state index is 0.141. The molecule has 1 aliphatic carbocycles. The largest absolute Gasteiger partial charge is 0.490 e. The molecule has 2 aromatic rings. The van der Waals surface area contributed by atoms with Gasteiger partial charge in [0.15, 0.2) is 0 Å². The highest BCUT2D eigenvalue weighted by Crippen LogP contribution is 2.32. The Morgan fingerprint density at radius 1 is 0.971 bits per heavy atom. The number of nitrogens with one attached hydrogen (secondary N) is 1. The van der Waals surface area contributed by atoms with Gasteiger partial charge in [0, 0.05) is 31.1 Å². The summed E-state index contributed by atoms with van der Waals surface area (Å²) in [5.41, 5.74) is 0.623. The highest BCUT2D eigenvalue weighted by molar-refractivity contribution is 7.90. The lowest BCUT2D eigenvalue weighted by Gasteiger charge is -2.40. The van der Waals surface area contributed by atoms with E-state index in [1.54, 1.807) is 37.3 Å². The molecule has 0 spiro atoms. The Morgan fingerprint density at radius 2 is 1.65 bits per heavy atom. The lowest BCUT2D eigenvalue weighted by atomic mass is 9.84. The number of hydrogen-bond acceptors (Lipinski definition) is 5. The molecule has 0 bridgehead atoms. The molecule has 2 aliphatic rings. The van der Waals surface area contributed by atoms with Crippen LogP contribution in [0.5, 0.6) is 5.75 Å². The lowest BCUT2D eigenvalue weighted by molar-refractivity contribution is -0.124. The Hall–Kier alpha value is -1.80. The Labute approximate surface area is 211 Å². The van der Waals surface area contributed by atoms with Gasteiger partial charge in [0.2, 0.25) is 5.91 Å². The minimum atomic E-state index is -3.85. The molecule has 6 nitrogen and oxygen atoms in total. The maximum Gasteiger partial charge on any atom is 0.264 e. The predicted octanol–water partition coefficient (Wildman–Crippen LogP) is 5.21. The molecule has 1 heterocycles. The van der Waals surface area contributed by atoms with E-state index in [9.17, 15) is 13.2 Å². The van der Waals surface area contributed by atoms with Gasteiger partial charge < -0.3 is 9.64 Å². The zero-order chi connectivity index (χ0) is 24.3. The summed E-state index contributed by atoms with van der Waals surface area (Å²) in [7, 11) is -3.85. The van der Waals surface area contributed by atoms with Crippen LogP contribution in [0.2, 0.25) is 10.0 Å². The van der Waals surface area contributed by atoms with E-state index >= 15 is 0 Å². The second-order valence-corrected chi connectivity index (χ2v) is 11.6. The third-order valence-corrected chi connectivity index (χ3v) is 9.12. The summed E-state index contributed by atoms with van der Waals surface area (Å²) >= 11 is 12.1. The molecule has 184 valence electrons.